The van der Waals surface area contributed by atoms with Crippen LogP contribution in [0.5, 0.6) is 0 Å². The lowest BCUT2D eigenvalue weighted by molar-refractivity contribution is -0.123. The summed E-state index contributed by atoms with van der Waals surface area (Å²) in [5.41, 5.74) is 6.39. The van der Waals surface area contributed by atoms with Gasteiger partial charge in [0.05, 0.1) is 0 Å². The highest BCUT2D eigenvalue weighted by atomic mass is 16.2. The predicted octanol–water partition coefficient (Wildman–Crippen LogP) is 1.52. The number of hydrogen-bond acceptors (Lipinski definition) is 3. The van der Waals surface area contributed by atoms with E-state index in [0.717, 1.165) is 25.7 Å². The van der Waals surface area contributed by atoms with E-state index in [1.165, 1.54) is 12.1 Å². The zero-order chi connectivity index (χ0) is 12.3. The summed E-state index contributed by atoms with van der Waals surface area (Å²) >= 11 is 0. The molecule has 0 unspecified atom stereocenters. The van der Waals surface area contributed by atoms with E-state index in [-0.39, 0.29) is 11.8 Å². The number of nitrogens with two attached hydrogens (primary N) is 1. The molecule has 0 bridgehead atoms. The smallest absolute Gasteiger partial charge is 0.257 e. The molecule has 2 rings (SSSR count). The van der Waals surface area contributed by atoms with Crippen LogP contribution >= 0.6 is 0 Å². The maximum absolute atomic E-state index is 11.8. The minimum Gasteiger partial charge on any atom is -0.399 e. The van der Waals surface area contributed by atoms with Crippen LogP contribution in [0.15, 0.2) is 18.2 Å². The zero-order valence-corrected chi connectivity index (χ0v) is 9.53. The highest BCUT2D eigenvalue weighted by Crippen LogP contribution is 2.24. The Hall–Kier alpha value is -1.84. The van der Waals surface area contributed by atoms with Gasteiger partial charge in [-0.15, -0.1) is 0 Å². The Balaban J connectivity index is 1.99. The summed E-state index contributed by atoms with van der Waals surface area (Å²) < 4.78 is 0. The van der Waals surface area contributed by atoms with Crippen molar-refractivity contribution in [2.75, 3.05) is 5.73 Å². The van der Waals surface area contributed by atoms with Crippen LogP contribution < -0.4 is 11.1 Å². The van der Waals surface area contributed by atoms with E-state index in [2.05, 4.69) is 11.4 Å². The van der Waals surface area contributed by atoms with E-state index in [1.54, 1.807) is 6.07 Å². The number of anilines is 1. The first-order chi connectivity index (χ1) is 8.16. The van der Waals surface area contributed by atoms with E-state index in [1.807, 2.05) is 0 Å². The summed E-state index contributed by atoms with van der Waals surface area (Å²) in [6.45, 7) is 0. The standard InChI is InChI=1S/C13H15N2O2/c14-11-7-3-6-10(8-11)13(17)15-12(16)9-4-1-2-5-9/h6-9H,1-2,4-5,14H2,(H,15,16,17). The van der Waals surface area contributed by atoms with Crippen molar-refractivity contribution in [3.8, 4) is 0 Å². The Kier molecular flexibility index (Phi) is 3.42. The molecule has 0 saturated heterocycles. The highest BCUT2D eigenvalue weighted by molar-refractivity contribution is 6.05. The number of benzene rings is 1. The van der Waals surface area contributed by atoms with Crippen LogP contribution in [0.2, 0.25) is 0 Å². The van der Waals surface area contributed by atoms with Crippen LogP contribution in [0.4, 0.5) is 5.69 Å². The number of hydrogen-bond donors (Lipinski definition) is 2. The number of nitrogen functional groups attached to an aromatic ring is 1. The molecule has 0 spiro atoms. The maximum Gasteiger partial charge on any atom is 0.257 e. The molecule has 3 N–H and O–H groups in total. The van der Waals surface area contributed by atoms with Gasteiger partial charge in [0, 0.05) is 17.2 Å². The number of imide groups is 1. The second-order valence-corrected chi connectivity index (χ2v) is 4.35. The summed E-state index contributed by atoms with van der Waals surface area (Å²) in [7, 11) is 0. The van der Waals surface area contributed by atoms with Crippen molar-refractivity contribution in [1.29, 1.82) is 0 Å². The van der Waals surface area contributed by atoms with Gasteiger partial charge in [0.25, 0.3) is 5.91 Å². The normalized spacial score (nSPS) is 15.8. The third-order valence-electron chi connectivity index (χ3n) is 3.04. The Morgan fingerprint density at radius 1 is 1.29 bits per heavy atom. The molecule has 89 valence electrons. The molecule has 1 saturated carbocycles. The van der Waals surface area contributed by atoms with Crippen LogP contribution in [-0.4, -0.2) is 11.8 Å². The molecule has 2 amide bonds. The van der Waals surface area contributed by atoms with Gasteiger partial charge in [-0.05, 0) is 37.1 Å². The lowest BCUT2D eigenvalue weighted by Crippen LogP contribution is -2.34. The lowest BCUT2D eigenvalue weighted by Gasteiger charge is -2.09. The number of carbonyl (C=O) groups is 2. The fourth-order valence-electron chi connectivity index (χ4n) is 2.10. The van der Waals surface area contributed by atoms with Gasteiger partial charge in [0.1, 0.15) is 0 Å². The summed E-state index contributed by atoms with van der Waals surface area (Å²) in [5.74, 6) is -0.579. The molecule has 1 aliphatic carbocycles. The largest absolute Gasteiger partial charge is 0.399 e. The van der Waals surface area contributed by atoms with E-state index < -0.39 is 5.91 Å². The molecule has 4 nitrogen and oxygen atoms in total. The molecule has 1 fully saturated rings. The third-order valence-corrected chi connectivity index (χ3v) is 3.04. The quantitative estimate of drug-likeness (QED) is 0.598. The van der Waals surface area contributed by atoms with E-state index in [9.17, 15) is 9.59 Å². The fraction of sp³-hybridized carbons (Fsp3) is 0.385. The topological polar surface area (TPSA) is 72.2 Å². The SMILES string of the molecule is Nc1c[c]cc(C(=O)NC(=O)C2CCCC2)c1. The Bertz CT molecular complexity index is 437. The van der Waals surface area contributed by atoms with Crippen molar-refractivity contribution < 1.29 is 9.59 Å². The first kappa shape index (κ1) is 11.6. The molecular formula is C13H15N2O2. The summed E-state index contributed by atoms with van der Waals surface area (Å²) in [6.07, 6.45) is 3.89. The summed E-state index contributed by atoms with van der Waals surface area (Å²) in [5, 5.41) is 2.41. The summed E-state index contributed by atoms with van der Waals surface area (Å²) in [6, 6.07) is 7.39. The van der Waals surface area contributed by atoms with Gasteiger partial charge in [-0.2, -0.15) is 0 Å². The minimum atomic E-state index is -0.398. The van der Waals surface area contributed by atoms with Crippen molar-refractivity contribution in [1.82, 2.24) is 5.32 Å². The van der Waals surface area contributed by atoms with Crippen LogP contribution in [0, 0.1) is 12.0 Å². The molecular weight excluding hydrogens is 216 g/mol. The van der Waals surface area contributed by atoms with Crippen LogP contribution in [0.1, 0.15) is 36.0 Å². The first-order valence-electron chi connectivity index (χ1n) is 5.78. The van der Waals surface area contributed by atoms with Crippen LogP contribution in [0.3, 0.4) is 0 Å². The molecule has 0 aliphatic heterocycles. The molecule has 1 aliphatic rings. The molecule has 1 radical (unpaired) electrons. The van der Waals surface area contributed by atoms with E-state index in [4.69, 9.17) is 5.73 Å². The van der Waals surface area contributed by atoms with Gasteiger partial charge in [0.15, 0.2) is 0 Å². The average molecular weight is 231 g/mol. The van der Waals surface area contributed by atoms with Crippen molar-refractivity contribution in [3.05, 3.63) is 29.8 Å². The second kappa shape index (κ2) is 4.99. The fourth-order valence-corrected chi connectivity index (χ4v) is 2.10. The monoisotopic (exact) mass is 231 g/mol. The number of amides is 2. The van der Waals surface area contributed by atoms with Crippen molar-refractivity contribution in [2.24, 2.45) is 5.92 Å². The molecule has 17 heavy (non-hydrogen) atoms. The first-order valence-corrected chi connectivity index (χ1v) is 5.78. The molecule has 0 heterocycles. The van der Waals surface area contributed by atoms with Crippen molar-refractivity contribution >= 4 is 17.5 Å². The lowest BCUT2D eigenvalue weighted by atomic mass is 10.1. The molecule has 1 aromatic carbocycles. The molecule has 0 atom stereocenters. The molecule has 4 heteroatoms. The van der Waals surface area contributed by atoms with Gasteiger partial charge in [-0.25, -0.2) is 0 Å². The Morgan fingerprint density at radius 2 is 2.00 bits per heavy atom. The van der Waals surface area contributed by atoms with Gasteiger partial charge >= 0.3 is 0 Å². The predicted molar refractivity (Wildman–Crippen MR) is 64.1 cm³/mol. The van der Waals surface area contributed by atoms with Crippen LogP contribution in [-0.2, 0) is 4.79 Å². The van der Waals surface area contributed by atoms with Gasteiger partial charge in [0.2, 0.25) is 5.91 Å². The second-order valence-electron chi connectivity index (χ2n) is 4.35. The van der Waals surface area contributed by atoms with Crippen LogP contribution in [0.25, 0.3) is 0 Å². The van der Waals surface area contributed by atoms with Gasteiger partial charge < -0.3 is 5.73 Å². The van der Waals surface area contributed by atoms with E-state index in [0.29, 0.717) is 11.3 Å². The van der Waals surface area contributed by atoms with Crippen molar-refractivity contribution in [2.45, 2.75) is 25.7 Å². The van der Waals surface area contributed by atoms with E-state index >= 15 is 0 Å². The third kappa shape index (κ3) is 2.84. The number of nitrogens with one attached hydrogen (secondary N) is 1. The Morgan fingerprint density at radius 3 is 2.65 bits per heavy atom. The van der Waals surface area contributed by atoms with Gasteiger partial charge in [-0.1, -0.05) is 12.8 Å². The maximum atomic E-state index is 11.8. The minimum absolute atomic E-state index is 0.0102. The van der Waals surface area contributed by atoms with Gasteiger partial charge in [-0.3, -0.25) is 14.9 Å². The molecule has 0 aromatic heterocycles. The van der Waals surface area contributed by atoms with Crippen molar-refractivity contribution in [3.63, 3.8) is 0 Å². The average Bonchev–Trinajstić information content (AvgIpc) is 2.82. The molecule has 1 aromatic rings. The number of carbonyl (C=O) groups excluding carboxylic acids is 2. The Labute approximate surface area is 100 Å². The summed E-state index contributed by atoms with van der Waals surface area (Å²) in [4.78, 5) is 23.5. The highest BCUT2D eigenvalue weighted by Gasteiger charge is 2.24. The zero-order valence-electron chi connectivity index (χ0n) is 9.53. The number of rotatable bonds is 2.